The minimum absolute atomic E-state index is 0.372. The molecule has 3 saturated heterocycles. The lowest BCUT2D eigenvalue weighted by Gasteiger charge is -2.52. The highest BCUT2D eigenvalue weighted by molar-refractivity contribution is 5.75. The summed E-state index contributed by atoms with van der Waals surface area (Å²) < 4.78 is 0. The number of hydrogen-bond donors (Lipinski definition) is 1. The summed E-state index contributed by atoms with van der Waals surface area (Å²) >= 11 is 0. The summed E-state index contributed by atoms with van der Waals surface area (Å²) in [4.78, 5) is 16.3. The van der Waals surface area contributed by atoms with Gasteiger partial charge in [-0.05, 0) is 25.5 Å². The first-order chi connectivity index (χ1) is 9.16. The highest BCUT2D eigenvalue weighted by Gasteiger charge is 2.42. The van der Waals surface area contributed by atoms with E-state index < -0.39 is 12.0 Å². The molecule has 0 aliphatic carbocycles. The molecule has 0 spiro atoms. The number of likely N-dealkylation sites (N-methyl/N-ethyl adjacent to an activating group) is 1. The Hall–Kier alpha value is -1.39. The Morgan fingerprint density at radius 2 is 1.89 bits per heavy atom. The van der Waals surface area contributed by atoms with Crippen molar-refractivity contribution in [1.29, 1.82) is 0 Å². The van der Waals surface area contributed by atoms with Gasteiger partial charge in [0.15, 0.2) is 0 Å². The SMILES string of the molecule is CN1CC2CC[C@@H]1CN2C(C(=O)O)c1ccccc1. The Labute approximate surface area is 113 Å². The predicted molar refractivity (Wildman–Crippen MR) is 73.0 cm³/mol. The van der Waals surface area contributed by atoms with Crippen molar-refractivity contribution in [3.05, 3.63) is 35.9 Å². The van der Waals surface area contributed by atoms with E-state index in [1.165, 1.54) is 6.42 Å². The summed E-state index contributed by atoms with van der Waals surface area (Å²) in [6, 6.07) is 9.99. The fourth-order valence-corrected chi connectivity index (χ4v) is 3.50. The quantitative estimate of drug-likeness (QED) is 0.896. The molecule has 3 fully saturated rings. The molecule has 4 rings (SSSR count). The molecule has 1 aromatic rings. The van der Waals surface area contributed by atoms with Gasteiger partial charge in [0.05, 0.1) is 0 Å². The smallest absolute Gasteiger partial charge is 0.325 e. The monoisotopic (exact) mass is 260 g/mol. The zero-order valence-electron chi connectivity index (χ0n) is 11.2. The average molecular weight is 260 g/mol. The average Bonchev–Trinajstić information content (AvgIpc) is 2.41. The number of piperazine rings is 1. The van der Waals surface area contributed by atoms with Crippen molar-refractivity contribution in [2.24, 2.45) is 0 Å². The van der Waals surface area contributed by atoms with Crippen molar-refractivity contribution in [3.8, 4) is 0 Å². The van der Waals surface area contributed by atoms with Crippen molar-refractivity contribution >= 4 is 5.97 Å². The molecule has 0 radical (unpaired) electrons. The van der Waals surface area contributed by atoms with Crippen molar-refractivity contribution in [3.63, 3.8) is 0 Å². The first-order valence-electron chi connectivity index (χ1n) is 6.90. The van der Waals surface area contributed by atoms with Gasteiger partial charge >= 0.3 is 5.97 Å². The van der Waals surface area contributed by atoms with E-state index in [2.05, 4.69) is 16.8 Å². The van der Waals surface area contributed by atoms with Crippen molar-refractivity contribution in [2.45, 2.75) is 31.0 Å². The molecule has 3 aliphatic heterocycles. The number of carbonyl (C=O) groups is 1. The van der Waals surface area contributed by atoms with Gasteiger partial charge in [-0.25, -0.2) is 0 Å². The van der Waals surface area contributed by atoms with Gasteiger partial charge in [-0.2, -0.15) is 0 Å². The van der Waals surface area contributed by atoms with Crippen LogP contribution >= 0.6 is 0 Å². The molecule has 4 nitrogen and oxygen atoms in total. The summed E-state index contributed by atoms with van der Waals surface area (Å²) in [6.07, 6.45) is 2.31. The normalized spacial score (nSPS) is 29.3. The van der Waals surface area contributed by atoms with Crippen LogP contribution in [0.25, 0.3) is 0 Å². The Morgan fingerprint density at radius 3 is 2.42 bits per heavy atom. The van der Waals surface area contributed by atoms with Crippen LogP contribution in [0.3, 0.4) is 0 Å². The van der Waals surface area contributed by atoms with E-state index in [1.54, 1.807) is 0 Å². The Kier molecular flexibility index (Phi) is 3.29. The van der Waals surface area contributed by atoms with Crippen LogP contribution in [0, 0.1) is 0 Å². The van der Waals surface area contributed by atoms with Crippen LogP contribution in [0.2, 0.25) is 0 Å². The minimum atomic E-state index is -0.735. The molecule has 0 aromatic heterocycles. The lowest BCUT2D eigenvalue weighted by Crippen LogP contribution is -2.62. The third kappa shape index (κ3) is 2.26. The number of carboxylic acids is 1. The maximum absolute atomic E-state index is 11.7. The van der Waals surface area contributed by atoms with E-state index in [4.69, 9.17) is 0 Å². The molecule has 3 heterocycles. The lowest BCUT2D eigenvalue weighted by atomic mass is 9.88. The molecular formula is C15H20N2O2. The van der Waals surface area contributed by atoms with Crippen LogP contribution in [0.5, 0.6) is 0 Å². The van der Waals surface area contributed by atoms with E-state index in [0.29, 0.717) is 12.1 Å². The second-order valence-electron chi connectivity index (χ2n) is 5.67. The van der Waals surface area contributed by atoms with Crippen molar-refractivity contribution in [2.75, 3.05) is 20.1 Å². The van der Waals surface area contributed by atoms with E-state index in [9.17, 15) is 9.90 Å². The zero-order chi connectivity index (χ0) is 13.4. The Morgan fingerprint density at radius 1 is 1.21 bits per heavy atom. The first kappa shape index (κ1) is 12.6. The molecule has 2 bridgehead atoms. The topological polar surface area (TPSA) is 43.8 Å². The number of piperidine rings is 2. The van der Waals surface area contributed by atoms with Gasteiger partial charge in [-0.15, -0.1) is 0 Å². The minimum Gasteiger partial charge on any atom is -0.480 e. The van der Waals surface area contributed by atoms with Gasteiger partial charge in [0.1, 0.15) is 6.04 Å². The van der Waals surface area contributed by atoms with Crippen LogP contribution < -0.4 is 0 Å². The molecule has 4 heteroatoms. The highest BCUT2D eigenvalue weighted by atomic mass is 16.4. The molecule has 1 aromatic carbocycles. The number of carboxylic acid groups (broad SMARTS) is 1. The Bertz CT molecular complexity index is 462. The van der Waals surface area contributed by atoms with Crippen molar-refractivity contribution < 1.29 is 9.90 Å². The summed E-state index contributed by atoms with van der Waals surface area (Å²) in [5.41, 5.74) is 0.894. The molecular weight excluding hydrogens is 240 g/mol. The molecule has 2 unspecified atom stereocenters. The zero-order valence-corrected chi connectivity index (χ0v) is 11.2. The molecule has 3 atom stereocenters. The number of fused-ring (bicyclic) bond motifs is 3. The maximum atomic E-state index is 11.7. The van der Waals surface area contributed by atoms with Gasteiger partial charge in [-0.1, -0.05) is 30.3 Å². The summed E-state index contributed by atoms with van der Waals surface area (Å²) in [5.74, 6) is -0.735. The Balaban J connectivity index is 1.88. The second kappa shape index (κ2) is 4.94. The number of benzene rings is 1. The first-order valence-corrected chi connectivity index (χ1v) is 6.90. The van der Waals surface area contributed by atoms with Crippen molar-refractivity contribution in [1.82, 2.24) is 9.80 Å². The molecule has 0 amide bonds. The van der Waals surface area contributed by atoms with Gasteiger partial charge in [0, 0.05) is 25.2 Å². The van der Waals surface area contributed by atoms with Crippen LogP contribution in [-0.4, -0.2) is 53.1 Å². The van der Waals surface area contributed by atoms with Gasteiger partial charge in [0.25, 0.3) is 0 Å². The third-order valence-corrected chi connectivity index (χ3v) is 4.53. The summed E-state index contributed by atoms with van der Waals surface area (Å²) in [5, 5.41) is 9.62. The number of nitrogens with zero attached hydrogens (tertiary/aromatic N) is 2. The predicted octanol–water partition coefficient (Wildman–Crippen LogP) is 1.59. The van der Waals surface area contributed by atoms with Crippen LogP contribution in [0.1, 0.15) is 24.4 Å². The molecule has 102 valence electrons. The largest absolute Gasteiger partial charge is 0.480 e. The van der Waals surface area contributed by atoms with E-state index in [1.807, 2.05) is 30.3 Å². The lowest BCUT2D eigenvalue weighted by molar-refractivity contribution is -0.148. The highest BCUT2D eigenvalue weighted by Crippen LogP contribution is 2.34. The van der Waals surface area contributed by atoms with Gasteiger partial charge in [0.2, 0.25) is 0 Å². The fourth-order valence-electron chi connectivity index (χ4n) is 3.50. The number of rotatable bonds is 3. The van der Waals surface area contributed by atoms with E-state index in [0.717, 1.165) is 25.1 Å². The summed E-state index contributed by atoms with van der Waals surface area (Å²) in [7, 11) is 2.15. The standard InChI is InChI=1S/C15H20N2O2/c1-16-9-13-8-7-12(16)10-17(13)14(15(18)19)11-5-3-2-4-6-11/h2-6,12-14H,7-10H2,1H3,(H,18,19)/t12-,13?,14?/m1/s1. The molecule has 19 heavy (non-hydrogen) atoms. The van der Waals surface area contributed by atoms with Gasteiger partial charge in [-0.3, -0.25) is 9.69 Å². The van der Waals surface area contributed by atoms with Crippen LogP contribution in [-0.2, 0) is 4.79 Å². The number of aliphatic carboxylic acids is 1. The molecule has 0 saturated carbocycles. The second-order valence-corrected chi connectivity index (χ2v) is 5.67. The van der Waals surface area contributed by atoms with E-state index in [-0.39, 0.29) is 0 Å². The van der Waals surface area contributed by atoms with Gasteiger partial charge < -0.3 is 10.0 Å². The third-order valence-electron chi connectivity index (χ3n) is 4.53. The maximum Gasteiger partial charge on any atom is 0.325 e. The summed E-state index contributed by atoms with van der Waals surface area (Å²) in [6.45, 7) is 1.86. The molecule has 1 N–H and O–H groups in total. The van der Waals surface area contributed by atoms with Crippen LogP contribution in [0.4, 0.5) is 0 Å². The van der Waals surface area contributed by atoms with Crippen LogP contribution in [0.15, 0.2) is 30.3 Å². The molecule has 3 aliphatic rings. The van der Waals surface area contributed by atoms with E-state index >= 15 is 0 Å². The fraction of sp³-hybridized carbons (Fsp3) is 0.533. The number of hydrogen-bond acceptors (Lipinski definition) is 3.